The van der Waals surface area contributed by atoms with Gasteiger partial charge in [0.15, 0.2) is 5.78 Å². The molecule has 0 aliphatic rings. The van der Waals surface area contributed by atoms with Crippen molar-refractivity contribution in [1.82, 2.24) is 0 Å². The first-order valence-corrected chi connectivity index (χ1v) is 9.32. The Morgan fingerprint density at radius 2 is 1.74 bits per heavy atom. The summed E-state index contributed by atoms with van der Waals surface area (Å²) in [4.78, 5) is 25.3. The number of benzene rings is 2. The third-order valence-electron chi connectivity index (χ3n) is 3.78. The number of halogens is 1. The van der Waals surface area contributed by atoms with Crippen molar-refractivity contribution in [3.63, 3.8) is 0 Å². The fourth-order valence-electron chi connectivity index (χ4n) is 2.65. The molecule has 0 radical (unpaired) electrons. The highest BCUT2D eigenvalue weighted by molar-refractivity contribution is 6.31. The molecule has 0 N–H and O–H groups in total. The van der Waals surface area contributed by atoms with E-state index >= 15 is 0 Å². The molecule has 4 nitrogen and oxygen atoms in total. The molecule has 0 saturated heterocycles. The second-order valence-corrected chi connectivity index (χ2v) is 7.68. The van der Waals surface area contributed by atoms with Gasteiger partial charge in [-0.1, -0.05) is 35.9 Å². The lowest BCUT2D eigenvalue weighted by molar-refractivity contribution is -0.146. The molecule has 0 heterocycles. The number of esters is 1. The lowest BCUT2D eigenvalue weighted by Gasteiger charge is -2.21. The maximum Gasteiger partial charge on any atom is 0.317 e. The zero-order chi connectivity index (χ0) is 20.0. The maximum atomic E-state index is 12.9. The van der Waals surface area contributed by atoms with Crippen LogP contribution in [-0.2, 0) is 16.0 Å². The van der Waals surface area contributed by atoms with Crippen molar-refractivity contribution in [3.05, 3.63) is 64.7 Å². The van der Waals surface area contributed by atoms with Crippen LogP contribution < -0.4 is 4.74 Å². The van der Waals surface area contributed by atoms with Crippen molar-refractivity contribution in [1.29, 1.82) is 0 Å². The number of ether oxygens (including phenoxy) is 2. The first-order valence-electron chi connectivity index (χ1n) is 8.94. The lowest BCUT2D eigenvalue weighted by Crippen LogP contribution is -2.28. The normalized spacial score (nSPS) is 12.3. The topological polar surface area (TPSA) is 52.6 Å². The number of rotatable bonds is 7. The number of ketones is 1. The Morgan fingerprint density at radius 3 is 2.30 bits per heavy atom. The van der Waals surface area contributed by atoms with Crippen LogP contribution in [0.15, 0.2) is 48.5 Å². The molecule has 144 valence electrons. The predicted octanol–water partition coefficient (Wildman–Crippen LogP) is 5.12. The van der Waals surface area contributed by atoms with Crippen molar-refractivity contribution in [2.24, 2.45) is 5.92 Å². The van der Waals surface area contributed by atoms with E-state index in [1.807, 2.05) is 45.0 Å². The minimum atomic E-state index is -0.919. The second-order valence-electron chi connectivity index (χ2n) is 7.24. The SMILES string of the molecule is CCOC(=O)C(Cc1ccc(OC(C)(C)C)cc1)C(=O)c1cccc(Cl)c1. The molecule has 0 saturated carbocycles. The number of hydrogen-bond acceptors (Lipinski definition) is 4. The number of Topliss-reactive ketones (excluding diaryl/α,β-unsaturated/α-hetero) is 1. The lowest BCUT2D eigenvalue weighted by atomic mass is 9.91. The Kier molecular flexibility index (Phi) is 7.03. The molecule has 5 heteroatoms. The smallest absolute Gasteiger partial charge is 0.317 e. The van der Waals surface area contributed by atoms with Crippen LogP contribution in [0.2, 0.25) is 5.02 Å². The van der Waals surface area contributed by atoms with Crippen LogP contribution >= 0.6 is 11.6 Å². The van der Waals surface area contributed by atoms with E-state index in [2.05, 4.69) is 0 Å². The third-order valence-corrected chi connectivity index (χ3v) is 4.02. The van der Waals surface area contributed by atoms with E-state index in [0.29, 0.717) is 10.6 Å². The summed E-state index contributed by atoms with van der Waals surface area (Å²) in [6.07, 6.45) is 0.250. The van der Waals surface area contributed by atoms with Crippen molar-refractivity contribution >= 4 is 23.4 Å². The average Bonchev–Trinajstić information content (AvgIpc) is 2.59. The third kappa shape index (κ3) is 6.40. The van der Waals surface area contributed by atoms with Crippen LogP contribution in [0, 0.1) is 5.92 Å². The summed E-state index contributed by atoms with van der Waals surface area (Å²) in [7, 11) is 0. The summed E-state index contributed by atoms with van der Waals surface area (Å²) < 4.78 is 10.9. The summed E-state index contributed by atoms with van der Waals surface area (Å²) >= 11 is 5.98. The summed E-state index contributed by atoms with van der Waals surface area (Å²) in [5.74, 6) is -1.01. The van der Waals surface area contributed by atoms with Crippen LogP contribution in [0.1, 0.15) is 43.6 Å². The predicted molar refractivity (Wildman–Crippen MR) is 106 cm³/mol. The fraction of sp³-hybridized carbons (Fsp3) is 0.364. The van der Waals surface area contributed by atoms with Crippen LogP contribution in [0.25, 0.3) is 0 Å². The largest absolute Gasteiger partial charge is 0.488 e. The molecule has 2 aromatic rings. The van der Waals surface area contributed by atoms with E-state index < -0.39 is 11.9 Å². The molecule has 0 bridgehead atoms. The zero-order valence-corrected chi connectivity index (χ0v) is 16.9. The van der Waals surface area contributed by atoms with Crippen LogP contribution in [0.3, 0.4) is 0 Å². The molecule has 0 aromatic heterocycles. The zero-order valence-electron chi connectivity index (χ0n) is 16.1. The minimum absolute atomic E-state index is 0.219. The van der Waals surface area contributed by atoms with E-state index in [0.717, 1.165) is 11.3 Å². The van der Waals surface area contributed by atoms with Crippen LogP contribution in [0.4, 0.5) is 0 Å². The highest BCUT2D eigenvalue weighted by Crippen LogP contribution is 2.22. The van der Waals surface area contributed by atoms with Gasteiger partial charge in [0.2, 0.25) is 0 Å². The molecule has 1 unspecified atom stereocenters. The van der Waals surface area contributed by atoms with Crippen molar-refractivity contribution in [3.8, 4) is 5.75 Å². The molecule has 0 amide bonds. The average molecular weight is 389 g/mol. The van der Waals surface area contributed by atoms with Crippen LogP contribution in [0.5, 0.6) is 5.75 Å². The maximum absolute atomic E-state index is 12.9. The standard InChI is InChI=1S/C22H25ClO4/c1-5-26-21(25)19(20(24)16-7-6-8-17(23)14-16)13-15-9-11-18(12-10-15)27-22(2,3)4/h6-12,14,19H,5,13H2,1-4H3. The van der Waals surface area contributed by atoms with Gasteiger partial charge in [-0.25, -0.2) is 0 Å². The summed E-state index contributed by atoms with van der Waals surface area (Å²) in [6, 6.07) is 14.0. The summed E-state index contributed by atoms with van der Waals surface area (Å²) in [6.45, 7) is 7.86. The van der Waals surface area contributed by atoms with Gasteiger partial charge in [0, 0.05) is 10.6 Å². The van der Waals surface area contributed by atoms with E-state index in [1.165, 1.54) is 0 Å². The fourth-order valence-corrected chi connectivity index (χ4v) is 2.84. The molecule has 2 rings (SSSR count). The quantitative estimate of drug-likeness (QED) is 0.375. The molecule has 0 aliphatic heterocycles. The van der Waals surface area contributed by atoms with Gasteiger partial charge in [-0.2, -0.15) is 0 Å². The molecule has 2 aromatic carbocycles. The van der Waals surface area contributed by atoms with Gasteiger partial charge in [-0.3, -0.25) is 9.59 Å². The first kappa shape index (κ1) is 21.0. The Balaban J connectivity index is 2.22. The highest BCUT2D eigenvalue weighted by Gasteiger charge is 2.29. The molecule has 0 fully saturated rings. The van der Waals surface area contributed by atoms with Gasteiger partial charge in [0.05, 0.1) is 6.61 Å². The van der Waals surface area contributed by atoms with Gasteiger partial charge in [0.25, 0.3) is 0 Å². The number of carbonyl (C=O) groups excluding carboxylic acids is 2. The molecule has 1 atom stereocenters. The van der Waals surface area contributed by atoms with Crippen molar-refractivity contribution in [2.45, 2.75) is 39.7 Å². The Labute approximate surface area is 165 Å². The Morgan fingerprint density at radius 1 is 1.07 bits per heavy atom. The van der Waals surface area contributed by atoms with Gasteiger partial charge in [-0.05, 0) is 63.9 Å². The molecular formula is C22H25ClO4. The van der Waals surface area contributed by atoms with Crippen molar-refractivity contribution in [2.75, 3.05) is 6.61 Å². The van der Waals surface area contributed by atoms with E-state index in [9.17, 15) is 9.59 Å². The highest BCUT2D eigenvalue weighted by atomic mass is 35.5. The molecule has 0 spiro atoms. The van der Waals surface area contributed by atoms with E-state index in [1.54, 1.807) is 31.2 Å². The van der Waals surface area contributed by atoms with Gasteiger partial charge >= 0.3 is 5.97 Å². The van der Waals surface area contributed by atoms with Gasteiger partial charge < -0.3 is 9.47 Å². The molecule has 0 aliphatic carbocycles. The van der Waals surface area contributed by atoms with Crippen molar-refractivity contribution < 1.29 is 19.1 Å². The Bertz CT molecular complexity index is 791. The van der Waals surface area contributed by atoms with Crippen LogP contribution in [-0.4, -0.2) is 24.0 Å². The van der Waals surface area contributed by atoms with E-state index in [4.69, 9.17) is 21.1 Å². The second kappa shape index (κ2) is 9.05. The molecule has 27 heavy (non-hydrogen) atoms. The summed E-state index contributed by atoms with van der Waals surface area (Å²) in [5.41, 5.74) is 0.954. The monoisotopic (exact) mass is 388 g/mol. The first-order chi connectivity index (χ1) is 12.7. The molecular weight excluding hydrogens is 364 g/mol. The van der Waals surface area contributed by atoms with Gasteiger partial charge in [0.1, 0.15) is 17.3 Å². The minimum Gasteiger partial charge on any atom is -0.488 e. The Hall–Kier alpha value is -2.33. The van der Waals surface area contributed by atoms with Gasteiger partial charge in [-0.15, -0.1) is 0 Å². The number of hydrogen-bond donors (Lipinski definition) is 0. The number of carbonyl (C=O) groups is 2. The van der Waals surface area contributed by atoms with E-state index in [-0.39, 0.29) is 24.4 Å². The summed E-state index contributed by atoms with van der Waals surface area (Å²) in [5, 5.41) is 0.451.